The first-order valence-electron chi connectivity index (χ1n) is 7.36. The van der Waals surface area contributed by atoms with Crippen LogP contribution in [-0.2, 0) is 17.6 Å². The summed E-state index contributed by atoms with van der Waals surface area (Å²) in [6.07, 6.45) is 1.30. The summed E-state index contributed by atoms with van der Waals surface area (Å²) in [6, 6.07) is 15.7. The van der Waals surface area contributed by atoms with E-state index >= 15 is 0 Å². The van der Waals surface area contributed by atoms with Gasteiger partial charge in [-0.15, -0.1) is 0 Å². The highest BCUT2D eigenvalue weighted by molar-refractivity contribution is 5.79. The van der Waals surface area contributed by atoms with Crippen molar-refractivity contribution in [1.82, 2.24) is 5.32 Å². The number of nitrogens with one attached hydrogen (secondary N) is 1. The molecule has 0 unspecified atom stereocenters. The highest BCUT2D eigenvalue weighted by Crippen LogP contribution is 2.25. The lowest BCUT2D eigenvalue weighted by molar-refractivity contribution is -0.120. The minimum atomic E-state index is -0.0128. The second-order valence-corrected chi connectivity index (χ2v) is 5.16. The summed E-state index contributed by atoms with van der Waals surface area (Å²) in [4.78, 5) is 11.9. The van der Waals surface area contributed by atoms with Crippen molar-refractivity contribution in [3.8, 4) is 17.6 Å². The topological polar surface area (TPSA) is 38.3 Å². The van der Waals surface area contributed by atoms with Crippen molar-refractivity contribution >= 4 is 5.91 Å². The number of hydrogen-bond donors (Lipinski definition) is 1. The van der Waals surface area contributed by atoms with Gasteiger partial charge in [-0.2, -0.15) is 0 Å². The van der Waals surface area contributed by atoms with Gasteiger partial charge in [-0.3, -0.25) is 4.79 Å². The minimum Gasteiger partial charge on any atom is -0.493 e. The molecule has 0 radical (unpaired) electrons. The highest BCUT2D eigenvalue weighted by atomic mass is 16.5. The summed E-state index contributed by atoms with van der Waals surface area (Å²) in [5.74, 6) is 6.90. The van der Waals surface area contributed by atoms with Crippen molar-refractivity contribution in [2.75, 3.05) is 13.2 Å². The van der Waals surface area contributed by atoms with E-state index in [1.54, 1.807) is 0 Å². The Morgan fingerprint density at radius 2 is 2.05 bits per heavy atom. The SMILES string of the molecule is O=C(Cc1ccc2c(c1)CCO2)NCC#Cc1ccccc1. The zero-order valence-electron chi connectivity index (χ0n) is 12.3. The molecule has 0 aliphatic carbocycles. The van der Waals surface area contributed by atoms with E-state index < -0.39 is 0 Å². The monoisotopic (exact) mass is 291 g/mol. The van der Waals surface area contributed by atoms with Crippen molar-refractivity contribution in [3.63, 3.8) is 0 Å². The molecule has 0 atom stereocenters. The van der Waals surface area contributed by atoms with Crippen molar-refractivity contribution in [2.45, 2.75) is 12.8 Å². The second-order valence-electron chi connectivity index (χ2n) is 5.16. The molecule has 1 N–H and O–H groups in total. The van der Waals surface area contributed by atoms with E-state index in [0.29, 0.717) is 13.0 Å². The Morgan fingerprint density at radius 1 is 1.18 bits per heavy atom. The van der Waals surface area contributed by atoms with Gasteiger partial charge in [-0.05, 0) is 29.3 Å². The molecular formula is C19H17NO2. The quantitative estimate of drug-likeness (QED) is 0.882. The molecule has 3 rings (SSSR count). The van der Waals surface area contributed by atoms with E-state index in [0.717, 1.165) is 29.9 Å². The Hall–Kier alpha value is -2.73. The fourth-order valence-corrected chi connectivity index (χ4v) is 2.41. The number of carbonyl (C=O) groups excluding carboxylic acids is 1. The van der Waals surface area contributed by atoms with E-state index in [2.05, 4.69) is 23.2 Å². The van der Waals surface area contributed by atoms with Crippen molar-refractivity contribution < 1.29 is 9.53 Å². The highest BCUT2D eigenvalue weighted by Gasteiger charge is 2.12. The van der Waals surface area contributed by atoms with Crippen LogP contribution in [0.2, 0.25) is 0 Å². The standard InChI is InChI=1S/C19H17NO2/c21-19(20-11-4-7-15-5-2-1-3-6-15)14-16-8-9-18-17(13-16)10-12-22-18/h1-3,5-6,8-9,13H,10-12,14H2,(H,20,21). The molecule has 0 fully saturated rings. The van der Waals surface area contributed by atoms with Crippen molar-refractivity contribution in [1.29, 1.82) is 0 Å². The van der Waals surface area contributed by atoms with Crippen molar-refractivity contribution in [3.05, 3.63) is 65.2 Å². The Kier molecular flexibility index (Phi) is 4.41. The van der Waals surface area contributed by atoms with Gasteiger partial charge in [0.1, 0.15) is 5.75 Å². The molecule has 0 bridgehead atoms. The molecule has 1 aliphatic heterocycles. The maximum atomic E-state index is 11.9. The maximum absolute atomic E-state index is 11.9. The molecule has 0 aromatic heterocycles. The summed E-state index contributed by atoms with van der Waals surface area (Å²) in [7, 11) is 0. The number of carbonyl (C=O) groups is 1. The largest absolute Gasteiger partial charge is 0.493 e. The molecule has 2 aromatic carbocycles. The predicted molar refractivity (Wildman–Crippen MR) is 85.7 cm³/mol. The Morgan fingerprint density at radius 3 is 2.91 bits per heavy atom. The molecule has 1 aliphatic rings. The molecule has 22 heavy (non-hydrogen) atoms. The molecule has 1 heterocycles. The summed E-state index contributed by atoms with van der Waals surface area (Å²) >= 11 is 0. The fourth-order valence-electron chi connectivity index (χ4n) is 2.41. The van der Waals surface area contributed by atoms with Gasteiger partial charge in [0.05, 0.1) is 19.6 Å². The van der Waals surface area contributed by atoms with Crippen molar-refractivity contribution in [2.24, 2.45) is 0 Å². The van der Waals surface area contributed by atoms with E-state index in [1.807, 2.05) is 42.5 Å². The molecular weight excluding hydrogens is 274 g/mol. The van der Waals surface area contributed by atoms with Crippen LogP contribution in [0.25, 0.3) is 0 Å². The normalized spacial score (nSPS) is 11.8. The molecule has 3 nitrogen and oxygen atoms in total. The molecule has 0 saturated heterocycles. The van der Waals surface area contributed by atoms with Gasteiger partial charge in [0.2, 0.25) is 5.91 Å². The van der Waals surface area contributed by atoms with E-state index in [1.165, 1.54) is 5.56 Å². The van der Waals surface area contributed by atoms with Gasteiger partial charge in [0, 0.05) is 12.0 Å². The Balaban J connectivity index is 1.50. The van der Waals surface area contributed by atoms with Crippen LogP contribution in [0.5, 0.6) is 5.75 Å². The van der Waals surface area contributed by atoms with E-state index in [4.69, 9.17) is 4.74 Å². The maximum Gasteiger partial charge on any atom is 0.225 e. The first-order valence-corrected chi connectivity index (χ1v) is 7.36. The number of fused-ring (bicyclic) bond motifs is 1. The summed E-state index contributed by atoms with van der Waals surface area (Å²) in [5.41, 5.74) is 3.15. The van der Waals surface area contributed by atoms with E-state index in [9.17, 15) is 4.79 Å². The van der Waals surface area contributed by atoms with Crippen LogP contribution in [0.4, 0.5) is 0 Å². The van der Waals surface area contributed by atoms with Gasteiger partial charge in [-0.25, -0.2) is 0 Å². The van der Waals surface area contributed by atoms with Crippen LogP contribution in [0.15, 0.2) is 48.5 Å². The lowest BCUT2D eigenvalue weighted by Crippen LogP contribution is -2.25. The lowest BCUT2D eigenvalue weighted by atomic mass is 10.1. The van der Waals surface area contributed by atoms with Crippen LogP contribution in [0.1, 0.15) is 16.7 Å². The first kappa shape index (κ1) is 14.2. The average molecular weight is 291 g/mol. The van der Waals surface area contributed by atoms with E-state index in [-0.39, 0.29) is 5.91 Å². The Labute approximate surface area is 130 Å². The zero-order chi connectivity index (χ0) is 15.2. The van der Waals surface area contributed by atoms with Crippen LogP contribution in [-0.4, -0.2) is 19.1 Å². The molecule has 1 amide bonds. The summed E-state index contributed by atoms with van der Waals surface area (Å²) in [5, 5.41) is 2.83. The van der Waals surface area contributed by atoms with Gasteiger partial charge >= 0.3 is 0 Å². The van der Waals surface area contributed by atoms with Crippen LogP contribution in [0, 0.1) is 11.8 Å². The number of benzene rings is 2. The summed E-state index contributed by atoms with van der Waals surface area (Å²) < 4.78 is 5.46. The van der Waals surface area contributed by atoms with Crippen LogP contribution in [0.3, 0.4) is 0 Å². The first-order chi connectivity index (χ1) is 10.8. The summed E-state index contributed by atoms with van der Waals surface area (Å²) in [6.45, 7) is 1.10. The third-order valence-corrected chi connectivity index (χ3v) is 3.50. The number of amides is 1. The smallest absolute Gasteiger partial charge is 0.225 e. The molecule has 3 heteroatoms. The third-order valence-electron chi connectivity index (χ3n) is 3.50. The van der Waals surface area contributed by atoms with Crippen LogP contribution >= 0.6 is 0 Å². The average Bonchev–Trinajstić information content (AvgIpc) is 3.00. The molecule has 0 saturated carbocycles. The molecule has 0 spiro atoms. The predicted octanol–water partition coefficient (Wildman–Crippen LogP) is 2.33. The Bertz CT molecular complexity index is 726. The molecule has 110 valence electrons. The minimum absolute atomic E-state index is 0.0128. The molecule has 2 aromatic rings. The zero-order valence-corrected chi connectivity index (χ0v) is 12.3. The number of rotatable bonds is 3. The lowest BCUT2D eigenvalue weighted by Gasteiger charge is -2.04. The van der Waals surface area contributed by atoms with Crippen LogP contribution < -0.4 is 10.1 Å². The number of ether oxygens (including phenoxy) is 1. The van der Waals surface area contributed by atoms with Gasteiger partial charge < -0.3 is 10.1 Å². The number of hydrogen-bond acceptors (Lipinski definition) is 2. The third kappa shape index (κ3) is 3.67. The fraction of sp³-hybridized carbons (Fsp3) is 0.211. The van der Waals surface area contributed by atoms with Gasteiger partial charge in [-0.1, -0.05) is 42.2 Å². The van der Waals surface area contributed by atoms with Gasteiger partial charge in [0.25, 0.3) is 0 Å². The van der Waals surface area contributed by atoms with Gasteiger partial charge in [0.15, 0.2) is 0 Å². The second kappa shape index (κ2) is 6.82.